The molecule has 8 heteroatoms. The van der Waals surface area contributed by atoms with Crippen LogP contribution in [-0.4, -0.2) is 53.0 Å². The van der Waals surface area contributed by atoms with Gasteiger partial charge in [0.1, 0.15) is 23.9 Å². The fourth-order valence-electron chi connectivity index (χ4n) is 5.25. The molecule has 7 atom stereocenters. The maximum atomic E-state index is 13.1. The van der Waals surface area contributed by atoms with Gasteiger partial charge in [-0.1, -0.05) is 13.8 Å². The third-order valence-corrected chi connectivity index (χ3v) is 7.27. The third-order valence-electron chi connectivity index (χ3n) is 7.27. The summed E-state index contributed by atoms with van der Waals surface area (Å²) in [7, 11) is 0. The highest BCUT2D eigenvalue weighted by Crippen LogP contribution is 2.61. The highest BCUT2D eigenvalue weighted by Gasteiger charge is 2.75. The predicted molar refractivity (Wildman–Crippen MR) is 103 cm³/mol. The van der Waals surface area contributed by atoms with Gasteiger partial charge in [0.2, 0.25) is 5.78 Å². The Balaban J connectivity index is 1.84. The first-order valence-electron chi connectivity index (χ1n) is 10.4. The van der Waals surface area contributed by atoms with E-state index in [0.29, 0.717) is 17.8 Å². The largest absolute Gasteiger partial charge is 0.479 e. The van der Waals surface area contributed by atoms with Gasteiger partial charge in [-0.05, 0) is 26.3 Å². The number of hydrogen-bond donors (Lipinski definition) is 1. The number of fused-ring (bicyclic) bond motifs is 2. The van der Waals surface area contributed by atoms with Crippen molar-refractivity contribution < 1.29 is 38.4 Å². The van der Waals surface area contributed by atoms with E-state index in [9.17, 15) is 19.5 Å². The molecule has 4 aliphatic rings. The van der Waals surface area contributed by atoms with Crippen molar-refractivity contribution in [2.75, 3.05) is 6.61 Å². The minimum absolute atomic E-state index is 0.122. The van der Waals surface area contributed by atoms with Gasteiger partial charge in [0.15, 0.2) is 11.4 Å². The molecule has 4 rings (SSSR count). The van der Waals surface area contributed by atoms with Gasteiger partial charge in [-0.3, -0.25) is 14.4 Å². The minimum atomic E-state index is -1.74. The number of rotatable bonds is 4. The van der Waals surface area contributed by atoms with Crippen LogP contribution in [0.2, 0.25) is 0 Å². The molecule has 8 nitrogen and oxygen atoms in total. The number of ether oxygens (including phenoxy) is 4. The molecule has 4 aliphatic heterocycles. The Kier molecular flexibility index (Phi) is 4.67. The zero-order valence-electron chi connectivity index (χ0n) is 17.9. The highest BCUT2D eigenvalue weighted by molar-refractivity contribution is 6.00. The van der Waals surface area contributed by atoms with Crippen molar-refractivity contribution in [3.8, 4) is 0 Å². The number of carbonyl (C=O) groups is 3. The molecule has 0 aromatic rings. The summed E-state index contributed by atoms with van der Waals surface area (Å²) in [4.78, 5) is 37.2. The second-order valence-corrected chi connectivity index (χ2v) is 9.14. The Bertz CT molecular complexity index is 874. The van der Waals surface area contributed by atoms with Gasteiger partial charge in [-0.25, -0.2) is 0 Å². The molecule has 0 amide bonds. The quantitative estimate of drug-likeness (QED) is 0.686. The van der Waals surface area contributed by atoms with Crippen LogP contribution in [0.15, 0.2) is 23.5 Å². The lowest BCUT2D eigenvalue weighted by molar-refractivity contribution is -0.267. The van der Waals surface area contributed by atoms with Crippen molar-refractivity contribution >= 4 is 17.7 Å². The molecular formula is C22H28O8. The average molecular weight is 420 g/mol. The monoisotopic (exact) mass is 420 g/mol. The molecule has 4 heterocycles. The maximum Gasteiger partial charge on any atom is 0.318 e. The number of ketones is 1. The van der Waals surface area contributed by atoms with Crippen LogP contribution < -0.4 is 0 Å². The van der Waals surface area contributed by atoms with Crippen LogP contribution in [0, 0.1) is 17.3 Å². The van der Waals surface area contributed by atoms with Crippen molar-refractivity contribution in [1.29, 1.82) is 0 Å². The minimum Gasteiger partial charge on any atom is -0.479 e. The molecule has 1 unspecified atom stereocenters. The number of hydrogen-bond acceptors (Lipinski definition) is 8. The first-order valence-corrected chi connectivity index (χ1v) is 10.4. The fraction of sp³-hybridized carbons (Fsp3) is 0.682. The molecule has 0 aromatic carbocycles. The van der Waals surface area contributed by atoms with E-state index < -0.39 is 46.9 Å². The summed E-state index contributed by atoms with van der Waals surface area (Å²) in [6, 6.07) is 0. The molecule has 2 bridgehead atoms. The van der Waals surface area contributed by atoms with E-state index in [4.69, 9.17) is 18.9 Å². The van der Waals surface area contributed by atoms with Gasteiger partial charge in [-0.15, -0.1) is 0 Å². The first kappa shape index (κ1) is 21.1. The Morgan fingerprint density at radius 3 is 2.70 bits per heavy atom. The smallest absolute Gasteiger partial charge is 0.318 e. The molecular weight excluding hydrogens is 392 g/mol. The van der Waals surface area contributed by atoms with E-state index in [1.165, 1.54) is 13.0 Å². The normalized spacial score (nSPS) is 42.8. The van der Waals surface area contributed by atoms with Crippen molar-refractivity contribution in [2.24, 2.45) is 17.3 Å². The van der Waals surface area contributed by atoms with Crippen molar-refractivity contribution in [1.82, 2.24) is 0 Å². The van der Waals surface area contributed by atoms with E-state index >= 15 is 0 Å². The second-order valence-electron chi connectivity index (χ2n) is 9.14. The maximum absolute atomic E-state index is 13.1. The summed E-state index contributed by atoms with van der Waals surface area (Å²) in [5.41, 5.74) is -2.07. The molecule has 30 heavy (non-hydrogen) atoms. The van der Waals surface area contributed by atoms with E-state index in [-0.39, 0.29) is 24.7 Å². The zero-order valence-corrected chi connectivity index (χ0v) is 17.9. The Labute approximate surface area is 175 Å². The van der Waals surface area contributed by atoms with Gasteiger partial charge in [-0.2, -0.15) is 0 Å². The summed E-state index contributed by atoms with van der Waals surface area (Å²) >= 11 is 0. The molecule has 0 aromatic heterocycles. The van der Waals surface area contributed by atoms with Crippen LogP contribution in [0.25, 0.3) is 0 Å². The fourth-order valence-corrected chi connectivity index (χ4v) is 5.25. The summed E-state index contributed by atoms with van der Waals surface area (Å²) in [5.74, 6) is -3.56. The van der Waals surface area contributed by atoms with E-state index in [2.05, 4.69) is 0 Å². The topological polar surface area (TPSA) is 108 Å². The molecule has 2 fully saturated rings. The van der Waals surface area contributed by atoms with Gasteiger partial charge in [0.05, 0.1) is 6.10 Å². The number of carbonyl (C=O) groups excluding carboxylic acids is 3. The van der Waals surface area contributed by atoms with E-state index in [1.54, 1.807) is 19.9 Å². The second kappa shape index (κ2) is 6.65. The standard InChI is InChI=1S/C22H28O8/c1-6-11(2)22(26)21(5)18-15(28-19(21)25)7-13(10-27-12(3)23)14-8-17(24)20(4,29-14)9-16(18)30-22/h7-8,11,15-16,18,26H,6,9-10H2,1-5H3/t11?,15-,16+,18+,20-,21-,22-/m1/s1. The van der Waals surface area contributed by atoms with Crippen LogP contribution in [0.3, 0.4) is 0 Å². The summed E-state index contributed by atoms with van der Waals surface area (Å²) < 4.78 is 23.1. The Hall–Kier alpha value is -2.19. The SMILES string of the molecule is CCC(C)[C@@]1(O)O[C@H]2C[C@@]3(C)OC(=CC3=O)C(COC(C)=O)=C[C@H]3OC(=O)[C@@]1(C)[C@H]23. The van der Waals surface area contributed by atoms with Crippen molar-refractivity contribution in [3.63, 3.8) is 0 Å². The molecule has 0 saturated carbocycles. The molecule has 0 spiro atoms. The Morgan fingerprint density at radius 1 is 1.37 bits per heavy atom. The first-order chi connectivity index (χ1) is 14.0. The molecule has 164 valence electrons. The number of aliphatic hydroxyl groups is 1. The average Bonchev–Trinajstić information content (AvgIpc) is 3.20. The third kappa shape index (κ3) is 2.69. The highest BCUT2D eigenvalue weighted by atomic mass is 16.7. The van der Waals surface area contributed by atoms with Gasteiger partial charge >= 0.3 is 11.9 Å². The Morgan fingerprint density at radius 2 is 2.07 bits per heavy atom. The van der Waals surface area contributed by atoms with Crippen LogP contribution >= 0.6 is 0 Å². The predicted octanol–water partition coefficient (Wildman–Crippen LogP) is 1.80. The van der Waals surface area contributed by atoms with Gasteiger partial charge < -0.3 is 24.1 Å². The molecule has 2 saturated heterocycles. The lowest BCUT2D eigenvalue weighted by atomic mass is 9.66. The summed E-state index contributed by atoms with van der Waals surface area (Å²) in [6.45, 7) is 8.25. The lowest BCUT2D eigenvalue weighted by Crippen LogP contribution is -2.53. The van der Waals surface area contributed by atoms with Crippen molar-refractivity contribution in [2.45, 2.75) is 71.1 Å². The van der Waals surface area contributed by atoms with Gasteiger partial charge in [0.25, 0.3) is 0 Å². The molecule has 0 aliphatic carbocycles. The van der Waals surface area contributed by atoms with Crippen molar-refractivity contribution in [3.05, 3.63) is 23.5 Å². The molecule has 1 N–H and O–H groups in total. The summed E-state index contributed by atoms with van der Waals surface area (Å²) in [6.07, 6.45) is 2.44. The van der Waals surface area contributed by atoms with Crippen LogP contribution in [0.1, 0.15) is 47.5 Å². The van der Waals surface area contributed by atoms with Gasteiger partial charge in [0, 0.05) is 36.8 Å². The van der Waals surface area contributed by atoms with Crippen LogP contribution in [0.5, 0.6) is 0 Å². The van der Waals surface area contributed by atoms with E-state index in [1.807, 2.05) is 13.8 Å². The lowest BCUT2D eigenvalue weighted by Gasteiger charge is -2.38. The van der Waals surface area contributed by atoms with Crippen LogP contribution in [-0.2, 0) is 33.3 Å². The van der Waals surface area contributed by atoms with Crippen LogP contribution in [0.4, 0.5) is 0 Å². The molecule has 0 radical (unpaired) electrons. The van der Waals surface area contributed by atoms with E-state index in [0.717, 1.165) is 0 Å². The summed E-state index contributed by atoms with van der Waals surface area (Å²) in [5, 5.41) is 11.6. The number of esters is 2. The zero-order chi connectivity index (χ0) is 22.1.